The number of hydrogen-bond donors (Lipinski definition) is 1. The molecule has 2 fully saturated rings. The lowest BCUT2D eigenvalue weighted by Gasteiger charge is -2.26. The third kappa shape index (κ3) is 2.75. The Kier molecular flexibility index (Phi) is 4.08. The molecule has 0 aromatic carbocycles. The molecule has 0 amide bonds. The molecule has 0 saturated carbocycles. The smallest absolute Gasteiger partial charge is 0.160 e. The van der Waals surface area contributed by atoms with Gasteiger partial charge in [-0.2, -0.15) is 0 Å². The number of nitrogens with one attached hydrogen (secondary N) is 1. The summed E-state index contributed by atoms with van der Waals surface area (Å²) in [6.45, 7) is 5.00. The molecule has 22 heavy (non-hydrogen) atoms. The Hall–Kier alpha value is -1.46. The van der Waals surface area contributed by atoms with Crippen LogP contribution in [0, 0.1) is 5.92 Å². The highest BCUT2D eigenvalue weighted by Crippen LogP contribution is 2.29. The third-order valence-electron chi connectivity index (χ3n) is 4.96. The predicted octanol–water partition coefficient (Wildman–Crippen LogP) is 2.32. The molecular formula is C17H24N4O. The fourth-order valence-electron chi connectivity index (χ4n) is 3.73. The molecule has 5 heteroatoms. The van der Waals surface area contributed by atoms with Crippen LogP contribution in [0.15, 0.2) is 18.3 Å². The Morgan fingerprint density at radius 2 is 2.18 bits per heavy atom. The SMILES string of the molecule is c1cnc2c(c1)nc(C1CCCOC1)n2CC1CCNCC1. The maximum absolute atomic E-state index is 5.69. The molecule has 4 rings (SSSR count). The van der Waals surface area contributed by atoms with Crippen molar-refractivity contribution in [1.82, 2.24) is 19.9 Å². The van der Waals surface area contributed by atoms with Gasteiger partial charge in [-0.05, 0) is 56.8 Å². The van der Waals surface area contributed by atoms with Gasteiger partial charge in [0.2, 0.25) is 0 Å². The van der Waals surface area contributed by atoms with Gasteiger partial charge in [-0.1, -0.05) is 0 Å². The average Bonchev–Trinajstić information content (AvgIpc) is 2.95. The molecule has 2 aromatic rings. The van der Waals surface area contributed by atoms with Crippen molar-refractivity contribution in [2.24, 2.45) is 5.92 Å². The van der Waals surface area contributed by atoms with Crippen molar-refractivity contribution in [1.29, 1.82) is 0 Å². The topological polar surface area (TPSA) is 52.0 Å². The molecule has 0 aliphatic carbocycles. The highest BCUT2D eigenvalue weighted by molar-refractivity contribution is 5.71. The molecule has 4 heterocycles. The lowest BCUT2D eigenvalue weighted by Crippen LogP contribution is -2.30. The molecule has 2 saturated heterocycles. The van der Waals surface area contributed by atoms with E-state index in [9.17, 15) is 0 Å². The summed E-state index contributed by atoms with van der Waals surface area (Å²) in [5.74, 6) is 2.33. The second kappa shape index (κ2) is 6.34. The summed E-state index contributed by atoms with van der Waals surface area (Å²) in [7, 11) is 0. The molecular weight excluding hydrogens is 276 g/mol. The molecule has 1 N–H and O–H groups in total. The van der Waals surface area contributed by atoms with Crippen LogP contribution in [0.25, 0.3) is 11.2 Å². The molecule has 1 atom stereocenters. The summed E-state index contributed by atoms with van der Waals surface area (Å²) in [6, 6.07) is 4.06. The van der Waals surface area contributed by atoms with E-state index in [0.29, 0.717) is 5.92 Å². The number of aromatic nitrogens is 3. The van der Waals surface area contributed by atoms with Crippen molar-refractivity contribution in [2.45, 2.75) is 38.1 Å². The van der Waals surface area contributed by atoms with E-state index in [4.69, 9.17) is 9.72 Å². The molecule has 2 aromatic heterocycles. The number of hydrogen-bond acceptors (Lipinski definition) is 4. The number of rotatable bonds is 3. The van der Waals surface area contributed by atoms with Gasteiger partial charge in [0.25, 0.3) is 0 Å². The van der Waals surface area contributed by atoms with Crippen LogP contribution >= 0.6 is 0 Å². The lowest BCUT2D eigenvalue weighted by molar-refractivity contribution is 0.0768. The Morgan fingerprint density at radius 1 is 1.27 bits per heavy atom. The van der Waals surface area contributed by atoms with Gasteiger partial charge in [0.1, 0.15) is 11.3 Å². The zero-order valence-electron chi connectivity index (χ0n) is 13.0. The first-order valence-corrected chi connectivity index (χ1v) is 8.51. The highest BCUT2D eigenvalue weighted by Gasteiger charge is 2.25. The minimum absolute atomic E-state index is 0.421. The Balaban J connectivity index is 1.69. The standard InChI is InChI=1S/C17H24N4O/c1-4-15-17(19-7-1)21(11-13-5-8-18-9-6-13)16(20-15)14-3-2-10-22-12-14/h1,4,7,13-14,18H,2-3,5-6,8-12H2. The van der Waals surface area contributed by atoms with E-state index >= 15 is 0 Å². The minimum Gasteiger partial charge on any atom is -0.381 e. The summed E-state index contributed by atoms with van der Waals surface area (Å²) in [4.78, 5) is 9.51. The summed E-state index contributed by atoms with van der Waals surface area (Å²) in [6.07, 6.45) is 6.68. The zero-order valence-corrected chi connectivity index (χ0v) is 13.0. The van der Waals surface area contributed by atoms with Crippen LogP contribution in [0.1, 0.15) is 37.4 Å². The Labute approximate surface area is 131 Å². The fourth-order valence-corrected chi connectivity index (χ4v) is 3.73. The molecule has 0 radical (unpaired) electrons. The first kappa shape index (κ1) is 14.2. The van der Waals surface area contributed by atoms with Gasteiger partial charge in [-0.25, -0.2) is 9.97 Å². The van der Waals surface area contributed by atoms with E-state index in [1.165, 1.54) is 25.1 Å². The van der Waals surface area contributed by atoms with E-state index in [2.05, 4.69) is 20.9 Å². The number of fused-ring (bicyclic) bond motifs is 1. The largest absolute Gasteiger partial charge is 0.381 e. The van der Waals surface area contributed by atoms with E-state index in [-0.39, 0.29) is 0 Å². The van der Waals surface area contributed by atoms with Gasteiger partial charge in [-0.3, -0.25) is 0 Å². The van der Waals surface area contributed by atoms with E-state index in [1.54, 1.807) is 0 Å². The highest BCUT2D eigenvalue weighted by atomic mass is 16.5. The van der Waals surface area contributed by atoms with Crippen LogP contribution in [0.2, 0.25) is 0 Å². The summed E-state index contributed by atoms with van der Waals surface area (Å²) >= 11 is 0. The Bertz CT molecular complexity index is 627. The number of imidazole rings is 1. The Morgan fingerprint density at radius 3 is 3.00 bits per heavy atom. The third-order valence-corrected chi connectivity index (χ3v) is 4.96. The van der Waals surface area contributed by atoms with Crippen LogP contribution in [-0.4, -0.2) is 40.8 Å². The second-order valence-corrected chi connectivity index (χ2v) is 6.53. The molecule has 0 bridgehead atoms. The van der Waals surface area contributed by atoms with Gasteiger partial charge in [-0.15, -0.1) is 0 Å². The summed E-state index contributed by atoms with van der Waals surface area (Å²) in [5, 5.41) is 3.45. The maximum Gasteiger partial charge on any atom is 0.160 e. The van der Waals surface area contributed by atoms with Crippen molar-refractivity contribution in [3.8, 4) is 0 Å². The normalized spacial score (nSPS) is 23.9. The quantitative estimate of drug-likeness (QED) is 0.945. The van der Waals surface area contributed by atoms with Crippen molar-refractivity contribution in [2.75, 3.05) is 26.3 Å². The van der Waals surface area contributed by atoms with Crippen molar-refractivity contribution < 1.29 is 4.74 Å². The molecule has 2 aliphatic rings. The van der Waals surface area contributed by atoms with E-state index < -0.39 is 0 Å². The van der Waals surface area contributed by atoms with Crippen LogP contribution < -0.4 is 5.32 Å². The molecule has 0 spiro atoms. The van der Waals surface area contributed by atoms with Gasteiger partial charge in [0, 0.05) is 25.3 Å². The van der Waals surface area contributed by atoms with Crippen molar-refractivity contribution >= 4 is 11.2 Å². The number of ether oxygens (including phenoxy) is 1. The molecule has 118 valence electrons. The van der Waals surface area contributed by atoms with Gasteiger partial charge in [0.15, 0.2) is 5.65 Å². The van der Waals surface area contributed by atoms with Gasteiger partial charge < -0.3 is 14.6 Å². The minimum atomic E-state index is 0.421. The van der Waals surface area contributed by atoms with Gasteiger partial charge >= 0.3 is 0 Å². The summed E-state index contributed by atoms with van der Waals surface area (Å²) < 4.78 is 8.07. The first-order valence-electron chi connectivity index (χ1n) is 8.51. The predicted molar refractivity (Wildman–Crippen MR) is 85.9 cm³/mol. The number of piperidine rings is 1. The summed E-state index contributed by atoms with van der Waals surface area (Å²) in [5.41, 5.74) is 2.07. The van der Waals surface area contributed by atoms with E-state index in [0.717, 1.165) is 56.4 Å². The van der Waals surface area contributed by atoms with Gasteiger partial charge in [0.05, 0.1) is 6.61 Å². The average molecular weight is 300 g/mol. The number of nitrogens with zero attached hydrogens (tertiary/aromatic N) is 3. The number of pyridine rings is 1. The molecule has 1 unspecified atom stereocenters. The zero-order chi connectivity index (χ0) is 14.8. The van der Waals surface area contributed by atoms with Crippen molar-refractivity contribution in [3.05, 3.63) is 24.2 Å². The second-order valence-electron chi connectivity index (χ2n) is 6.53. The maximum atomic E-state index is 5.69. The fraction of sp³-hybridized carbons (Fsp3) is 0.647. The monoisotopic (exact) mass is 300 g/mol. The van der Waals surface area contributed by atoms with Crippen LogP contribution in [0.5, 0.6) is 0 Å². The van der Waals surface area contributed by atoms with Crippen LogP contribution in [0.4, 0.5) is 0 Å². The first-order chi connectivity index (χ1) is 10.9. The van der Waals surface area contributed by atoms with Crippen molar-refractivity contribution in [3.63, 3.8) is 0 Å². The van der Waals surface area contributed by atoms with Crippen LogP contribution in [0.3, 0.4) is 0 Å². The van der Waals surface area contributed by atoms with Crippen LogP contribution in [-0.2, 0) is 11.3 Å². The molecule has 2 aliphatic heterocycles. The van der Waals surface area contributed by atoms with E-state index in [1.807, 2.05) is 12.3 Å². The lowest BCUT2D eigenvalue weighted by atomic mass is 9.97. The molecule has 5 nitrogen and oxygen atoms in total.